The van der Waals surface area contributed by atoms with Crippen LogP contribution >= 0.6 is 0 Å². The monoisotopic (exact) mass is 273 g/mol. The zero-order valence-corrected chi connectivity index (χ0v) is 11.7. The molecular formula is C12H23N3O4. The molecule has 0 spiro atoms. The van der Waals surface area contributed by atoms with E-state index in [9.17, 15) is 14.7 Å². The van der Waals surface area contributed by atoms with Crippen molar-refractivity contribution in [2.45, 2.75) is 44.9 Å². The molecule has 1 saturated heterocycles. The maximum absolute atomic E-state index is 11.6. The maximum atomic E-state index is 11.6. The Labute approximate surface area is 113 Å². The second-order valence-electron chi connectivity index (χ2n) is 5.68. The average molecular weight is 273 g/mol. The highest BCUT2D eigenvalue weighted by atomic mass is 16.6. The predicted octanol–water partition coefficient (Wildman–Crippen LogP) is -0.568. The Morgan fingerprint density at radius 1 is 1.47 bits per heavy atom. The fourth-order valence-electron chi connectivity index (χ4n) is 1.63. The van der Waals surface area contributed by atoms with Gasteiger partial charge in [-0.3, -0.25) is 4.79 Å². The first-order chi connectivity index (χ1) is 8.73. The summed E-state index contributed by atoms with van der Waals surface area (Å²) in [5.41, 5.74) is 4.73. The minimum Gasteiger partial charge on any atom is -0.444 e. The lowest BCUT2D eigenvalue weighted by Crippen LogP contribution is -2.62. The third-order valence-electron chi connectivity index (χ3n) is 2.62. The molecule has 2 amide bonds. The summed E-state index contributed by atoms with van der Waals surface area (Å²) in [6, 6.07) is -0.132. The number of nitrogens with one attached hydrogen (secondary N) is 1. The topological polar surface area (TPSA) is 105 Å². The quantitative estimate of drug-likeness (QED) is 0.636. The van der Waals surface area contributed by atoms with E-state index in [-0.39, 0.29) is 25.1 Å². The Hall–Kier alpha value is -1.34. The summed E-state index contributed by atoms with van der Waals surface area (Å²) in [6.07, 6.45) is -1.24. The van der Waals surface area contributed by atoms with Crippen LogP contribution in [-0.2, 0) is 9.53 Å². The first-order valence-electron chi connectivity index (χ1n) is 6.39. The molecule has 1 fully saturated rings. The lowest BCUT2D eigenvalue weighted by Gasteiger charge is -2.40. The Kier molecular flexibility index (Phi) is 5.13. The van der Waals surface area contributed by atoms with E-state index in [1.165, 1.54) is 4.90 Å². The van der Waals surface area contributed by atoms with Crippen molar-refractivity contribution in [3.05, 3.63) is 0 Å². The van der Waals surface area contributed by atoms with E-state index >= 15 is 0 Å². The van der Waals surface area contributed by atoms with E-state index < -0.39 is 17.6 Å². The molecule has 0 aliphatic carbocycles. The third-order valence-corrected chi connectivity index (χ3v) is 2.62. The second kappa shape index (κ2) is 6.21. The lowest BCUT2D eigenvalue weighted by atomic mass is 10.1. The molecule has 1 aliphatic rings. The van der Waals surface area contributed by atoms with Gasteiger partial charge in [0.15, 0.2) is 0 Å². The number of hydrogen-bond acceptors (Lipinski definition) is 5. The van der Waals surface area contributed by atoms with Gasteiger partial charge in [-0.15, -0.1) is 0 Å². The molecule has 1 unspecified atom stereocenters. The number of rotatable bonds is 4. The van der Waals surface area contributed by atoms with Gasteiger partial charge in [0.2, 0.25) is 5.91 Å². The Morgan fingerprint density at radius 3 is 2.53 bits per heavy atom. The molecule has 0 aromatic rings. The molecule has 4 N–H and O–H groups in total. The van der Waals surface area contributed by atoms with Crippen LogP contribution in [0.25, 0.3) is 0 Å². The molecule has 1 rings (SSSR count). The molecule has 0 bridgehead atoms. The summed E-state index contributed by atoms with van der Waals surface area (Å²) >= 11 is 0. The van der Waals surface area contributed by atoms with Crippen molar-refractivity contribution in [2.75, 3.05) is 19.6 Å². The molecule has 0 aromatic heterocycles. The van der Waals surface area contributed by atoms with Crippen LogP contribution in [0.3, 0.4) is 0 Å². The molecule has 7 heteroatoms. The molecule has 0 aromatic carbocycles. The number of aliphatic hydroxyl groups excluding tert-OH is 1. The first-order valence-corrected chi connectivity index (χ1v) is 6.39. The number of ether oxygens (including phenoxy) is 1. The van der Waals surface area contributed by atoms with Crippen molar-refractivity contribution in [1.82, 2.24) is 10.2 Å². The summed E-state index contributed by atoms with van der Waals surface area (Å²) in [6.45, 7) is 6.45. The number of nitrogens with two attached hydrogens (primary N) is 1. The Balaban J connectivity index is 2.27. The number of hydrogen-bond donors (Lipinski definition) is 3. The Morgan fingerprint density at radius 2 is 2.05 bits per heavy atom. The SMILES string of the molecule is CC(C)(C)OC(=O)N1CC(NC(=O)C(O)CCN)C1. The highest BCUT2D eigenvalue weighted by molar-refractivity contribution is 5.81. The normalized spacial score (nSPS) is 17.6. The van der Waals surface area contributed by atoms with Gasteiger partial charge in [0.05, 0.1) is 6.04 Å². The van der Waals surface area contributed by atoms with Gasteiger partial charge >= 0.3 is 6.09 Å². The largest absolute Gasteiger partial charge is 0.444 e. The number of aliphatic hydroxyl groups is 1. The number of nitrogens with zero attached hydrogens (tertiary/aromatic N) is 1. The molecule has 1 aliphatic heterocycles. The summed E-state index contributed by atoms with van der Waals surface area (Å²) in [7, 11) is 0. The van der Waals surface area contributed by atoms with Gasteiger partial charge in [0, 0.05) is 13.1 Å². The number of likely N-dealkylation sites (tertiary alicyclic amines) is 1. The van der Waals surface area contributed by atoms with Crippen LogP contribution in [0.2, 0.25) is 0 Å². The molecule has 0 saturated carbocycles. The van der Waals surface area contributed by atoms with Gasteiger partial charge in [-0.1, -0.05) is 0 Å². The van der Waals surface area contributed by atoms with Crippen molar-refractivity contribution in [3.63, 3.8) is 0 Å². The van der Waals surface area contributed by atoms with Crippen LogP contribution in [0.15, 0.2) is 0 Å². The van der Waals surface area contributed by atoms with Crippen LogP contribution in [0.1, 0.15) is 27.2 Å². The van der Waals surface area contributed by atoms with Gasteiger partial charge in [-0.05, 0) is 33.7 Å². The average Bonchev–Trinajstić information content (AvgIpc) is 2.19. The number of carbonyl (C=O) groups is 2. The minimum atomic E-state index is -1.08. The molecule has 1 heterocycles. The molecule has 7 nitrogen and oxygen atoms in total. The minimum absolute atomic E-state index is 0.132. The van der Waals surface area contributed by atoms with Crippen LogP contribution in [-0.4, -0.2) is 59.4 Å². The highest BCUT2D eigenvalue weighted by Gasteiger charge is 2.35. The fraction of sp³-hybridized carbons (Fsp3) is 0.833. The van der Waals surface area contributed by atoms with Crippen molar-refractivity contribution < 1.29 is 19.4 Å². The van der Waals surface area contributed by atoms with Crippen molar-refractivity contribution in [3.8, 4) is 0 Å². The summed E-state index contributed by atoms with van der Waals surface area (Å²) < 4.78 is 5.19. The zero-order chi connectivity index (χ0) is 14.6. The number of carbonyl (C=O) groups excluding carboxylic acids is 2. The van der Waals surface area contributed by atoms with E-state index in [0.29, 0.717) is 13.1 Å². The summed E-state index contributed by atoms with van der Waals surface area (Å²) in [5, 5.41) is 12.1. The van der Waals surface area contributed by atoms with Crippen LogP contribution in [0, 0.1) is 0 Å². The van der Waals surface area contributed by atoms with Crippen molar-refractivity contribution >= 4 is 12.0 Å². The van der Waals surface area contributed by atoms with Gasteiger partial charge in [-0.2, -0.15) is 0 Å². The molecule has 110 valence electrons. The standard InChI is InChI=1S/C12H23N3O4/c1-12(2,3)19-11(18)15-6-8(7-15)14-10(17)9(16)4-5-13/h8-9,16H,4-7,13H2,1-3H3,(H,14,17). The summed E-state index contributed by atoms with van der Waals surface area (Å²) in [5.74, 6) is -0.445. The van der Waals surface area contributed by atoms with E-state index in [4.69, 9.17) is 10.5 Å². The highest BCUT2D eigenvalue weighted by Crippen LogP contribution is 2.15. The van der Waals surface area contributed by atoms with Gasteiger partial charge in [0.1, 0.15) is 11.7 Å². The zero-order valence-electron chi connectivity index (χ0n) is 11.7. The number of amides is 2. The van der Waals surface area contributed by atoms with E-state index in [1.54, 1.807) is 20.8 Å². The van der Waals surface area contributed by atoms with Gasteiger partial charge in [0.25, 0.3) is 0 Å². The van der Waals surface area contributed by atoms with Gasteiger partial charge < -0.3 is 25.8 Å². The Bertz CT molecular complexity index is 334. The van der Waals surface area contributed by atoms with Crippen molar-refractivity contribution in [1.29, 1.82) is 0 Å². The maximum Gasteiger partial charge on any atom is 0.410 e. The van der Waals surface area contributed by atoms with Crippen LogP contribution < -0.4 is 11.1 Å². The molecular weight excluding hydrogens is 250 g/mol. The smallest absolute Gasteiger partial charge is 0.410 e. The molecule has 1 atom stereocenters. The lowest BCUT2D eigenvalue weighted by molar-refractivity contribution is -0.131. The molecule has 19 heavy (non-hydrogen) atoms. The van der Waals surface area contributed by atoms with Crippen LogP contribution in [0.5, 0.6) is 0 Å². The van der Waals surface area contributed by atoms with E-state index in [2.05, 4.69) is 5.32 Å². The van der Waals surface area contributed by atoms with E-state index in [1.807, 2.05) is 0 Å². The molecule has 0 radical (unpaired) electrons. The summed E-state index contributed by atoms with van der Waals surface area (Å²) in [4.78, 5) is 24.6. The second-order valence-corrected chi connectivity index (χ2v) is 5.68. The van der Waals surface area contributed by atoms with Gasteiger partial charge in [-0.25, -0.2) is 4.79 Å². The van der Waals surface area contributed by atoms with E-state index in [0.717, 1.165) is 0 Å². The third kappa shape index (κ3) is 5.04. The first kappa shape index (κ1) is 15.7. The van der Waals surface area contributed by atoms with Crippen molar-refractivity contribution in [2.24, 2.45) is 5.73 Å². The van der Waals surface area contributed by atoms with Crippen LogP contribution in [0.4, 0.5) is 4.79 Å². The fourth-order valence-corrected chi connectivity index (χ4v) is 1.63. The predicted molar refractivity (Wildman–Crippen MR) is 69.4 cm³/mol.